The summed E-state index contributed by atoms with van der Waals surface area (Å²) in [7, 11) is 0. The fourth-order valence-electron chi connectivity index (χ4n) is 3.86. The SMILES string of the molecule is O=C(NC1CCCCCC1)c1cn2c3c(ccc(Cl)c3c1=O)OCC2. The highest BCUT2D eigenvalue weighted by molar-refractivity contribution is 6.35. The van der Waals surface area contributed by atoms with Gasteiger partial charge < -0.3 is 14.6 Å². The van der Waals surface area contributed by atoms with Crippen LogP contribution in [0.4, 0.5) is 0 Å². The van der Waals surface area contributed by atoms with Gasteiger partial charge in [0.1, 0.15) is 17.9 Å². The van der Waals surface area contributed by atoms with Crippen molar-refractivity contribution in [1.82, 2.24) is 9.88 Å². The van der Waals surface area contributed by atoms with E-state index in [0.29, 0.717) is 34.8 Å². The van der Waals surface area contributed by atoms with Gasteiger partial charge in [0, 0.05) is 12.2 Å². The van der Waals surface area contributed by atoms with E-state index in [9.17, 15) is 9.59 Å². The molecule has 1 amide bonds. The standard InChI is InChI=1S/C19H21ClN2O3/c20-14-7-8-15-17-16(14)18(23)13(11-22(17)9-10-25-15)19(24)21-12-5-3-1-2-4-6-12/h7-8,11-12H,1-6,9-10H2,(H,21,24). The van der Waals surface area contributed by atoms with Crippen LogP contribution in [-0.4, -0.2) is 23.1 Å². The Kier molecular flexibility index (Phi) is 4.42. The van der Waals surface area contributed by atoms with E-state index in [0.717, 1.165) is 25.7 Å². The highest BCUT2D eigenvalue weighted by Crippen LogP contribution is 2.32. The number of hydrogen-bond donors (Lipinski definition) is 1. The molecule has 0 spiro atoms. The molecule has 0 atom stereocenters. The summed E-state index contributed by atoms with van der Waals surface area (Å²) < 4.78 is 7.53. The van der Waals surface area contributed by atoms with E-state index in [4.69, 9.17) is 16.3 Å². The molecule has 132 valence electrons. The monoisotopic (exact) mass is 360 g/mol. The number of carbonyl (C=O) groups is 1. The molecular weight excluding hydrogens is 340 g/mol. The molecule has 0 unspecified atom stereocenters. The van der Waals surface area contributed by atoms with Crippen LogP contribution < -0.4 is 15.5 Å². The summed E-state index contributed by atoms with van der Waals surface area (Å²) in [5.41, 5.74) is 0.516. The minimum absolute atomic E-state index is 0.150. The maximum absolute atomic E-state index is 12.9. The van der Waals surface area contributed by atoms with Gasteiger partial charge in [-0.05, 0) is 25.0 Å². The molecule has 2 aliphatic rings. The van der Waals surface area contributed by atoms with Crippen LogP contribution in [0, 0.1) is 0 Å². The van der Waals surface area contributed by atoms with Crippen molar-refractivity contribution >= 4 is 28.4 Å². The summed E-state index contributed by atoms with van der Waals surface area (Å²) >= 11 is 6.28. The second kappa shape index (κ2) is 6.71. The Labute approximate surface area is 150 Å². The molecule has 0 bridgehead atoms. The van der Waals surface area contributed by atoms with Crippen molar-refractivity contribution in [3.8, 4) is 5.75 Å². The van der Waals surface area contributed by atoms with Crippen molar-refractivity contribution in [2.45, 2.75) is 51.1 Å². The van der Waals surface area contributed by atoms with Gasteiger partial charge in [-0.2, -0.15) is 0 Å². The number of amides is 1. The maximum Gasteiger partial charge on any atom is 0.256 e. The molecule has 1 aromatic carbocycles. The van der Waals surface area contributed by atoms with Crippen molar-refractivity contribution in [3.05, 3.63) is 39.1 Å². The van der Waals surface area contributed by atoms with E-state index >= 15 is 0 Å². The first-order chi connectivity index (χ1) is 12.1. The largest absolute Gasteiger partial charge is 0.490 e. The predicted octanol–water partition coefficient (Wildman–Crippen LogP) is 3.50. The van der Waals surface area contributed by atoms with Crippen LogP contribution in [0.3, 0.4) is 0 Å². The Hall–Kier alpha value is -2.01. The van der Waals surface area contributed by atoms with E-state index in [-0.39, 0.29) is 22.9 Å². The number of benzene rings is 1. The van der Waals surface area contributed by atoms with Crippen molar-refractivity contribution < 1.29 is 9.53 Å². The quantitative estimate of drug-likeness (QED) is 0.834. The summed E-state index contributed by atoms with van der Waals surface area (Å²) in [4.78, 5) is 25.7. The number of rotatable bonds is 2. The molecule has 5 nitrogen and oxygen atoms in total. The van der Waals surface area contributed by atoms with Crippen molar-refractivity contribution in [2.24, 2.45) is 0 Å². The van der Waals surface area contributed by atoms with E-state index in [1.54, 1.807) is 18.3 Å². The fraction of sp³-hybridized carbons (Fsp3) is 0.474. The molecule has 1 saturated carbocycles. The van der Waals surface area contributed by atoms with Crippen LogP contribution in [-0.2, 0) is 6.54 Å². The third-order valence-electron chi connectivity index (χ3n) is 5.16. The highest BCUT2D eigenvalue weighted by Gasteiger charge is 2.23. The molecule has 2 heterocycles. The molecule has 4 rings (SSSR count). The summed E-state index contributed by atoms with van der Waals surface area (Å²) in [6, 6.07) is 3.57. The average molecular weight is 361 g/mol. The number of aromatic nitrogens is 1. The third-order valence-corrected chi connectivity index (χ3v) is 5.47. The zero-order chi connectivity index (χ0) is 17.4. The Bertz CT molecular complexity index is 882. The third kappa shape index (κ3) is 3.01. The van der Waals surface area contributed by atoms with E-state index in [1.165, 1.54) is 12.8 Å². The summed E-state index contributed by atoms with van der Waals surface area (Å²) in [6.07, 6.45) is 8.29. The van der Waals surface area contributed by atoms with Crippen LogP contribution in [0.25, 0.3) is 10.9 Å². The Morgan fingerprint density at radius 2 is 1.96 bits per heavy atom. The Balaban J connectivity index is 1.75. The second-order valence-corrected chi connectivity index (χ2v) is 7.25. The first-order valence-electron chi connectivity index (χ1n) is 8.94. The van der Waals surface area contributed by atoms with Gasteiger partial charge in [-0.15, -0.1) is 0 Å². The zero-order valence-electron chi connectivity index (χ0n) is 14.0. The van der Waals surface area contributed by atoms with Gasteiger partial charge in [-0.1, -0.05) is 37.3 Å². The van der Waals surface area contributed by atoms with E-state index in [1.807, 2.05) is 4.57 Å². The number of nitrogens with zero attached hydrogens (tertiary/aromatic N) is 1. The number of pyridine rings is 1. The molecule has 6 heteroatoms. The first kappa shape index (κ1) is 16.5. The fourth-order valence-corrected chi connectivity index (χ4v) is 4.10. The summed E-state index contributed by atoms with van der Waals surface area (Å²) in [6.45, 7) is 1.10. The number of nitrogens with one attached hydrogen (secondary N) is 1. The van der Waals surface area contributed by atoms with Crippen molar-refractivity contribution in [1.29, 1.82) is 0 Å². The Morgan fingerprint density at radius 1 is 1.20 bits per heavy atom. The van der Waals surface area contributed by atoms with Gasteiger partial charge in [-0.3, -0.25) is 9.59 Å². The van der Waals surface area contributed by atoms with Crippen LogP contribution in [0.5, 0.6) is 5.75 Å². The number of halogens is 1. The summed E-state index contributed by atoms with van der Waals surface area (Å²) in [5.74, 6) is 0.342. The average Bonchev–Trinajstić information content (AvgIpc) is 2.87. The molecule has 1 aliphatic carbocycles. The molecule has 1 aromatic heterocycles. The first-order valence-corrected chi connectivity index (χ1v) is 9.32. The van der Waals surface area contributed by atoms with Gasteiger partial charge in [0.15, 0.2) is 0 Å². The lowest BCUT2D eigenvalue weighted by Gasteiger charge is -2.22. The van der Waals surface area contributed by atoms with Gasteiger partial charge in [0.2, 0.25) is 5.43 Å². The van der Waals surface area contributed by atoms with Gasteiger partial charge >= 0.3 is 0 Å². The van der Waals surface area contributed by atoms with Crippen LogP contribution in [0.2, 0.25) is 5.02 Å². The van der Waals surface area contributed by atoms with Crippen LogP contribution in [0.15, 0.2) is 23.1 Å². The lowest BCUT2D eigenvalue weighted by Crippen LogP contribution is -2.37. The molecule has 1 fully saturated rings. The smallest absolute Gasteiger partial charge is 0.256 e. The molecule has 1 N–H and O–H groups in total. The molecule has 2 aromatic rings. The maximum atomic E-state index is 12.9. The molecule has 1 aliphatic heterocycles. The normalized spacial score (nSPS) is 17.8. The van der Waals surface area contributed by atoms with E-state index < -0.39 is 0 Å². The van der Waals surface area contributed by atoms with Gasteiger partial charge in [-0.25, -0.2) is 0 Å². The lowest BCUT2D eigenvalue weighted by molar-refractivity contribution is 0.0931. The molecule has 0 radical (unpaired) electrons. The van der Waals surface area contributed by atoms with Crippen LogP contribution >= 0.6 is 11.6 Å². The Morgan fingerprint density at radius 3 is 2.72 bits per heavy atom. The van der Waals surface area contributed by atoms with Gasteiger partial charge in [0.25, 0.3) is 5.91 Å². The summed E-state index contributed by atoms with van der Waals surface area (Å²) in [5, 5.41) is 3.78. The zero-order valence-corrected chi connectivity index (χ0v) is 14.8. The van der Waals surface area contributed by atoms with E-state index in [2.05, 4.69) is 5.32 Å². The minimum atomic E-state index is -0.324. The van der Waals surface area contributed by atoms with Crippen molar-refractivity contribution in [3.63, 3.8) is 0 Å². The molecular formula is C19H21ClN2O3. The highest BCUT2D eigenvalue weighted by atomic mass is 35.5. The molecule has 0 saturated heterocycles. The second-order valence-electron chi connectivity index (χ2n) is 6.84. The van der Waals surface area contributed by atoms with Crippen molar-refractivity contribution in [2.75, 3.05) is 6.61 Å². The molecule has 25 heavy (non-hydrogen) atoms. The number of ether oxygens (including phenoxy) is 1. The number of hydrogen-bond acceptors (Lipinski definition) is 3. The van der Waals surface area contributed by atoms with Crippen LogP contribution in [0.1, 0.15) is 48.9 Å². The minimum Gasteiger partial charge on any atom is -0.490 e. The number of carbonyl (C=O) groups excluding carboxylic acids is 1. The van der Waals surface area contributed by atoms with Gasteiger partial charge in [0.05, 0.1) is 22.5 Å². The topological polar surface area (TPSA) is 60.3 Å². The predicted molar refractivity (Wildman–Crippen MR) is 97.7 cm³/mol. The lowest BCUT2D eigenvalue weighted by atomic mass is 10.1.